The van der Waals surface area contributed by atoms with Crippen molar-refractivity contribution in [1.82, 2.24) is 0 Å². The van der Waals surface area contributed by atoms with Crippen LogP contribution in [0.25, 0.3) is 0 Å². The minimum absolute atomic E-state index is 0.129. The van der Waals surface area contributed by atoms with Gasteiger partial charge in [-0.2, -0.15) is 0 Å². The Morgan fingerprint density at radius 2 is 2.00 bits per heavy atom. The standard InChI is InChI=1S/C17H17NO4S/c1-22-12-6-4-11(5-7-12)18(10-13-3-2-8-23-13)16(19)14-9-15(14)17(20)21/h2-8,14-15H,9-10H2,1H3,(H,20,21). The van der Waals surface area contributed by atoms with Gasteiger partial charge in [0.25, 0.3) is 0 Å². The van der Waals surface area contributed by atoms with Crippen LogP contribution in [-0.2, 0) is 16.1 Å². The Labute approximate surface area is 138 Å². The molecule has 1 heterocycles. The van der Waals surface area contributed by atoms with Gasteiger partial charge in [-0.1, -0.05) is 6.07 Å². The second-order valence-corrected chi connectivity index (χ2v) is 6.52. The van der Waals surface area contributed by atoms with E-state index in [1.807, 2.05) is 29.6 Å². The molecule has 2 unspecified atom stereocenters. The van der Waals surface area contributed by atoms with E-state index in [0.29, 0.717) is 18.7 Å². The summed E-state index contributed by atoms with van der Waals surface area (Å²) in [5.74, 6) is -1.28. The fourth-order valence-electron chi connectivity index (χ4n) is 2.56. The monoisotopic (exact) mass is 331 g/mol. The summed E-state index contributed by atoms with van der Waals surface area (Å²) in [6.45, 7) is 0.450. The lowest BCUT2D eigenvalue weighted by molar-refractivity contribution is -0.140. The van der Waals surface area contributed by atoms with Crippen molar-refractivity contribution in [2.75, 3.05) is 12.0 Å². The number of thiophene rings is 1. The topological polar surface area (TPSA) is 66.8 Å². The number of carboxylic acid groups (broad SMARTS) is 1. The van der Waals surface area contributed by atoms with Crippen molar-refractivity contribution in [2.45, 2.75) is 13.0 Å². The molecule has 120 valence electrons. The molecule has 1 aromatic heterocycles. The SMILES string of the molecule is COc1ccc(N(Cc2cccs2)C(=O)C2CC2C(=O)O)cc1. The molecular formula is C17H17NO4S. The van der Waals surface area contributed by atoms with Crippen LogP contribution in [0.1, 0.15) is 11.3 Å². The number of carbonyl (C=O) groups excluding carboxylic acids is 1. The number of benzene rings is 1. The molecule has 1 fully saturated rings. The molecule has 0 bridgehead atoms. The highest BCUT2D eigenvalue weighted by Crippen LogP contribution is 2.41. The van der Waals surface area contributed by atoms with Crippen LogP contribution in [0.15, 0.2) is 41.8 Å². The van der Waals surface area contributed by atoms with Gasteiger partial charge in [0.05, 0.1) is 25.5 Å². The van der Waals surface area contributed by atoms with E-state index in [0.717, 1.165) is 10.6 Å². The Bertz CT molecular complexity index is 696. The van der Waals surface area contributed by atoms with Gasteiger partial charge in [0.15, 0.2) is 0 Å². The zero-order valence-electron chi connectivity index (χ0n) is 12.6. The molecule has 0 saturated heterocycles. The van der Waals surface area contributed by atoms with E-state index in [-0.39, 0.29) is 5.91 Å². The molecular weight excluding hydrogens is 314 g/mol. The normalized spacial score (nSPS) is 19.2. The smallest absolute Gasteiger partial charge is 0.307 e. The Morgan fingerprint density at radius 3 is 2.52 bits per heavy atom. The predicted molar refractivity (Wildman–Crippen MR) is 87.7 cm³/mol. The van der Waals surface area contributed by atoms with Crippen molar-refractivity contribution in [1.29, 1.82) is 0 Å². The molecule has 3 rings (SSSR count). The zero-order chi connectivity index (χ0) is 16.4. The Balaban J connectivity index is 1.84. The molecule has 0 spiro atoms. The molecule has 23 heavy (non-hydrogen) atoms. The first-order valence-electron chi connectivity index (χ1n) is 7.30. The van der Waals surface area contributed by atoms with E-state index in [1.165, 1.54) is 0 Å². The fourth-order valence-corrected chi connectivity index (χ4v) is 3.25. The molecule has 1 aliphatic rings. The van der Waals surface area contributed by atoms with Crippen molar-refractivity contribution in [2.24, 2.45) is 11.8 Å². The van der Waals surface area contributed by atoms with Crippen molar-refractivity contribution in [3.63, 3.8) is 0 Å². The number of aliphatic carboxylic acids is 1. The number of anilines is 1. The fraction of sp³-hybridized carbons (Fsp3) is 0.294. The van der Waals surface area contributed by atoms with Crippen LogP contribution in [0.3, 0.4) is 0 Å². The van der Waals surface area contributed by atoms with Crippen LogP contribution in [0.5, 0.6) is 5.75 Å². The average Bonchev–Trinajstić information content (AvgIpc) is 3.21. The lowest BCUT2D eigenvalue weighted by atomic mass is 10.2. The van der Waals surface area contributed by atoms with Crippen LogP contribution < -0.4 is 9.64 Å². The summed E-state index contributed by atoms with van der Waals surface area (Å²) in [4.78, 5) is 26.5. The first-order valence-corrected chi connectivity index (χ1v) is 8.18. The third kappa shape index (κ3) is 3.37. The lowest BCUT2D eigenvalue weighted by Crippen LogP contribution is -2.32. The van der Waals surface area contributed by atoms with Gasteiger partial charge in [0.1, 0.15) is 5.75 Å². The molecule has 0 radical (unpaired) electrons. The number of nitrogens with zero attached hydrogens (tertiary/aromatic N) is 1. The van der Waals surface area contributed by atoms with Gasteiger partial charge in [0, 0.05) is 10.6 Å². The molecule has 1 aliphatic carbocycles. The molecule has 1 N–H and O–H groups in total. The largest absolute Gasteiger partial charge is 0.497 e. The summed E-state index contributed by atoms with van der Waals surface area (Å²) in [5, 5.41) is 11.0. The number of methoxy groups -OCH3 is 1. The van der Waals surface area contributed by atoms with Gasteiger partial charge in [-0.25, -0.2) is 0 Å². The summed E-state index contributed by atoms with van der Waals surface area (Å²) >= 11 is 1.58. The molecule has 5 nitrogen and oxygen atoms in total. The van der Waals surface area contributed by atoms with E-state index in [9.17, 15) is 9.59 Å². The van der Waals surface area contributed by atoms with Crippen LogP contribution in [0, 0.1) is 11.8 Å². The quantitative estimate of drug-likeness (QED) is 0.883. The lowest BCUT2D eigenvalue weighted by Gasteiger charge is -2.22. The van der Waals surface area contributed by atoms with Gasteiger partial charge in [-0.15, -0.1) is 11.3 Å². The third-order valence-corrected chi connectivity index (χ3v) is 4.83. The Morgan fingerprint density at radius 1 is 1.26 bits per heavy atom. The molecule has 2 atom stereocenters. The van der Waals surface area contributed by atoms with E-state index in [4.69, 9.17) is 9.84 Å². The van der Waals surface area contributed by atoms with E-state index >= 15 is 0 Å². The third-order valence-electron chi connectivity index (χ3n) is 3.97. The van der Waals surface area contributed by atoms with Gasteiger partial charge < -0.3 is 14.7 Å². The second-order valence-electron chi connectivity index (χ2n) is 5.49. The predicted octanol–water partition coefficient (Wildman–Crippen LogP) is 3.01. The number of carbonyl (C=O) groups is 2. The maximum absolute atomic E-state index is 12.7. The number of ether oxygens (including phenoxy) is 1. The van der Waals surface area contributed by atoms with E-state index in [2.05, 4.69) is 0 Å². The highest BCUT2D eigenvalue weighted by molar-refractivity contribution is 7.09. The number of carboxylic acids is 1. The molecule has 6 heteroatoms. The van der Waals surface area contributed by atoms with E-state index < -0.39 is 17.8 Å². The number of hydrogen-bond acceptors (Lipinski definition) is 4. The van der Waals surface area contributed by atoms with Crippen molar-refractivity contribution >= 4 is 28.9 Å². The van der Waals surface area contributed by atoms with E-state index in [1.54, 1.807) is 35.5 Å². The highest BCUT2D eigenvalue weighted by Gasteiger charge is 2.50. The van der Waals surface area contributed by atoms with Crippen molar-refractivity contribution in [3.8, 4) is 5.75 Å². The second kappa shape index (κ2) is 6.42. The Hall–Kier alpha value is -2.34. The number of amides is 1. The summed E-state index contributed by atoms with van der Waals surface area (Å²) in [5.41, 5.74) is 0.750. The maximum atomic E-state index is 12.7. The van der Waals surface area contributed by atoms with Crippen molar-refractivity contribution in [3.05, 3.63) is 46.7 Å². The molecule has 2 aromatic rings. The zero-order valence-corrected chi connectivity index (χ0v) is 13.5. The summed E-state index contributed by atoms with van der Waals surface area (Å²) in [7, 11) is 1.59. The first-order chi connectivity index (χ1) is 11.1. The van der Waals surface area contributed by atoms with Crippen LogP contribution >= 0.6 is 11.3 Å². The minimum atomic E-state index is -0.894. The van der Waals surface area contributed by atoms with Gasteiger partial charge in [-0.3, -0.25) is 9.59 Å². The molecule has 0 aliphatic heterocycles. The highest BCUT2D eigenvalue weighted by atomic mass is 32.1. The number of hydrogen-bond donors (Lipinski definition) is 1. The first kappa shape index (κ1) is 15.6. The average molecular weight is 331 g/mol. The molecule has 1 amide bonds. The molecule has 1 aromatic carbocycles. The van der Waals surface area contributed by atoms with Crippen molar-refractivity contribution < 1.29 is 19.4 Å². The summed E-state index contributed by atoms with van der Waals surface area (Å²) in [6.07, 6.45) is 0.422. The summed E-state index contributed by atoms with van der Waals surface area (Å²) in [6, 6.07) is 11.1. The maximum Gasteiger partial charge on any atom is 0.307 e. The molecule has 1 saturated carbocycles. The summed E-state index contributed by atoms with van der Waals surface area (Å²) < 4.78 is 5.14. The van der Waals surface area contributed by atoms with Crippen LogP contribution in [0.4, 0.5) is 5.69 Å². The van der Waals surface area contributed by atoms with Crippen LogP contribution in [-0.4, -0.2) is 24.1 Å². The van der Waals surface area contributed by atoms with Gasteiger partial charge >= 0.3 is 5.97 Å². The van der Waals surface area contributed by atoms with Gasteiger partial charge in [0.2, 0.25) is 5.91 Å². The Kier molecular flexibility index (Phi) is 4.34. The minimum Gasteiger partial charge on any atom is -0.497 e. The van der Waals surface area contributed by atoms with Crippen LogP contribution in [0.2, 0.25) is 0 Å². The number of rotatable bonds is 6. The van der Waals surface area contributed by atoms with Gasteiger partial charge in [-0.05, 0) is 42.1 Å².